The Labute approximate surface area is 152 Å². The summed E-state index contributed by atoms with van der Waals surface area (Å²) in [7, 11) is 2.16. The highest BCUT2D eigenvalue weighted by molar-refractivity contribution is 5.75. The van der Waals surface area contributed by atoms with E-state index >= 15 is 0 Å². The second-order valence-electron chi connectivity index (χ2n) is 6.94. The van der Waals surface area contributed by atoms with E-state index < -0.39 is 0 Å². The molecule has 1 fully saturated rings. The average molecular weight is 348 g/mol. The number of piperazine rings is 1. The molecule has 0 radical (unpaired) electrons. The Hall–Kier alpha value is -1.43. The number of likely N-dealkylation sites (N-methyl/N-ethyl adjacent to an activating group) is 1. The van der Waals surface area contributed by atoms with E-state index in [2.05, 4.69) is 41.2 Å². The standard InChI is InChI=1S/C20H33N3O2/c1-18(23-13-11-22(2)12-14-23)17-21-20(24)9-6-15-25-16-10-19-7-4-3-5-8-19/h3-5,7-8,18H,6,9-17H2,1-2H3,(H,21,24)/t18-/m1/s1. The summed E-state index contributed by atoms with van der Waals surface area (Å²) in [6.45, 7) is 8.68. The molecule has 5 nitrogen and oxygen atoms in total. The van der Waals surface area contributed by atoms with E-state index in [1.807, 2.05) is 18.2 Å². The summed E-state index contributed by atoms with van der Waals surface area (Å²) in [5.74, 6) is 0.132. The first kappa shape index (κ1) is 19.9. The van der Waals surface area contributed by atoms with E-state index in [4.69, 9.17) is 4.74 Å². The molecule has 1 heterocycles. The molecule has 25 heavy (non-hydrogen) atoms. The lowest BCUT2D eigenvalue weighted by molar-refractivity contribution is -0.121. The molecule has 1 aliphatic rings. The predicted molar refractivity (Wildman–Crippen MR) is 102 cm³/mol. The van der Waals surface area contributed by atoms with Gasteiger partial charge in [0.1, 0.15) is 0 Å². The molecule has 1 atom stereocenters. The number of benzene rings is 1. The highest BCUT2D eigenvalue weighted by Crippen LogP contribution is 2.04. The first-order valence-electron chi connectivity index (χ1n) is 9.46. The van der Waals surface area contributed by atoms with Crippen LogP contribution in [-0.4, -0.2) is 74.7 Å². The van der Waals surface area contributed by atoms with Gasteiger partial charge in [0.2, 0.25) is 5.91 Å². The van der Waals surface area contributed by atoms with E-state index in [0.717, 1.165) is 45.6 Å². The van der Waals surface area contributed by atoms with Crippen molar-refractivity contribution < 1.29 is 9.53 Å². The molecule has 1 N–H and O–H groups in total. The van der Waals surface area contributed by atoms with Crippen molar-refractivity contribution in [3.05, 3.63) is 35.9 Å². The van der Waals surface area contributed by atoms with Crippen LogP contribution >= 0.6 is 0 Å². The van der Waals surface area contributed by atoms with Crippen LogP contribution in [0.15, 0.2) is 30.3 Å². The molecule has 0 spiro atoms. The number of hydrogen-bond acceptors (Lipinski definition) is 4. The third kappa shape index (κ3) is 7.99. The molecule has 0 aromatic heterocycles. The van der Waals surface area contributed by atoms with Crippen LogP contribution in [0.25, 0.3) is 0 Å². The van der Waals surface area contributed by atoms with Crippen LogP contribution in [0.2, 0.25) is 0 Å². The van der Waals surface area contributed by atoms with E-state index in [1.165, 1.54) is 5.56 Å². The van der Waals surface area contributed by atoms with Gasteiger partial charge in [-0.25, -0.2) is 0 Å². The highest BCUT2D eigenvalue weighted by atomic mass is 16.5. The minimum absolute atomic E-state index is 0.132. The summed E-state index contributed by atoms with van der Waals surface area (Å²) in [5, 5.41) is 3.06. The molecule has 0 bridgehead atoms. The maximum Gasteiger partial charge on any atom is 0.220 e. The van der Waals surface area contributed by atoms with Crippen molar-refractivity contribution in [2.24, 2.45) is 0 Å². The van der Waals surface area contributed by atoms with Crippen LogP contribution in [0.4, 0.5) is 0 Å². The summed E-state index contributed by atoms with van der Waals surface area (Å²) in [4.78, 5) is 16.7. The van der Waals surface area contributed by atoms with Gasteiger partial charge in [0.05, 0.1) is 6.61 Å². The largest absolute Gasteiger partial charge is 0.381 e. The lowest BCUT2D eigenvalue weighted by Gasteiger charge is -2.36. The molecule has 5 heteroatoms. The molecule has 1 saturated heterocycles. The SMILES string of the molecule is C[C@H](CNC(=O)CCCOCCc1ccccc1)N1CCN(C)CC1. The summed E-state index contributed by atoms with van der Waals surface area (Å²) in [6.07, 6.45) is 2.25. The summed E-state index contributed by atoms with van der Waals surface area (Å²) in [5.41, 5.74) is 1.29. The zero-order chi connectivity index (χ0) is 17.9. The minimum Gasteiger partial charge on any atom is -0.381 e. The van der Waals surface area contributed by atoms with Gasteiger partial charge in [-0.1, -0.05) is 30.3 Å². The number of nitrogens with one attached hydrogen (secondary N) is 1. The van der Waals surface area contributed by atoms with Gasteiger partial charge in [-0.2, -0.15) is 0 Å². The normalized spacial score (nSPS) is 17.4. The van der Waals surface area contributed by atoms with Crippen molar-refractivity contribution in [1.29, 1.82) is 0 Å². The molecule has 1 amide bonds. The number of carbonyl (C=O) groups excluding carboxylic acids is 1. The Bertz CT molecular complexity index is 487. The lowest BCUT2D eigenvalue weighted by Crippen LogP contribution is -2.51. The van der Waals surface area contributed by atoms with Crippen molar-refractivity contribution in [2.45, 2.75) is 32.2 Å². The minimum atomic E-state index is 0.132. The zero-order valence-corrected chi connectivity index (χ0v) is 15.7. The molecule has 0 saturated carbocycles. The quantitative estimate of drug-likeness (QED) is 0.655. The number of ether oxygens (including phenoxy) is 1. The predicted octanol–water partition coefficient (Wildman–Crippen LogP) is 1.78. The fraction of sp³-hybridized carbons (Fsp3) is 0.650. The second-order valence-corrected chi connectivity index (χ2v) is 6.94. The molecule has 140 valence electrons. The summed E-state index contributed by atoms with van der Waals surface area (Å²) < 4.78 is 5.63. The van der Waals surface area contributed by atoms with Crippen LogP contribution in [0, 0.1) is 0 Å². The first-order chi connectivity index (χ1) is 12.1. The fourth-order valence-electron chi connectivity index (χ4n) is 3.01. The smallest absolute Gasteiger partial charge is 0.220 e. The Morgan fingerprint density at radius 2 is 1.88 bits per heavy atom. The Kier molecular flexibility index (Phi) is 8.94. The van der Waals surface area contributed by atoms with Gasteiger partial charge in [0.15, 0.2) is 0 Å². The maximum absolute atomic E-state index is 11.9. The van der Waals surface area contributed by atoms with Crippen LogP contribution in [-0.2, 0) is 16.0 Å². The van der Waals surface area contributed by atoms with Gasteiger partial charge in [0, 0.05) is 51.8 Å². The summed E-state index contributed by atoms with van der Waals surface area (Å²) >= 11 is 0. The average Bonchev–Trinajstić information content (AvgIpc) is 2.64. The maximum atomic E-state index is 11.9. The number of nitrogens with zero attached hydrogens (tertiary/aromatic N) is 2. The second kappa shape index (κ2) is 11.2. The third-order valence-electron chi connectivity index (χ3n) is 4.83. The molecule has 1 aliphatic heterocycles. The Balaban J connectivity index is 1.47. The van der Waals surface area contributed by atoms with E-state index in [-0.39, 0.29) is 5.91 Å². The van der Waals surface area contributed by atoms with Gasteiger partial charge in [-0.3, -0.25) is 9.69 Å². The van der Waals surface area contributed by atoms with Gasteiger partial charge in [-0.15, -0.1) is 0 Å². The zero-order valence-electron chi connectivity index (χ0n) is 15.7. The van der Waals surface area contributed by atoms with Crippen molar-refractivity contribution in [3.63, 3.8) is 0 Å². The van der Waals surface area contributed by atoms with Gasteiger partial charge in [0.25, 0.3) is 0 Å². The van der Waals surface area contributed by atoms with E-state index in [9.17, 15) is 4.79 Å². The number of hydrogen-bond donors (Lipinski definition) is 1. The topological polar surface area (TPSA) is 44.8 Å². The first-order valence-corrected chi connectivity index (χ1v) is 9.46. The van der Waals surface area contributed by atoms with Crippen molar-refractivity contribution in [3.8, 4) is 0 Å². The van der Waals surface area contributed by atoms with E-state index in [1.54, 1.807) is 0 Å². The number of amides is 1. The fourth-order valence-corrected chi connectivity index (χ4v) is 3.01. The molecular formula is C20H33N3O2. The number of rotatable bonds is 10. The van der Waals surface area contributed by atoms with Crippen molar-refractivity contribution >= 4 is 5.91 Å². The Morgan fingerprint density at radius 1 is 1.16 bits per heavy atom. The van der Waals surface area contributed by atoms with Crippen molar-refractivity contribution in [2.75, 3.05) is 53.0 Å². The lowest BCUT2D eigenvalue weighted by atomic mass is 10.2. The monoisotopic (exact) mass is 347 g/mol. The molecule has 0 unspecified atom stereocenters. The molecular weight excluding hydrogens is 314 g/mol. The van der Waals surface area contributed by atoms with Gasteiger partial charge in [-0.05, 0) is 32.4 Å². The molecule has 2 rings (SSSR count). The van der Waals surface area contributed by atoms with Crippen LogP contribution in [0.1, 0.15) is 25.3 Å². The van der Waals surface area contributed by atoms with E-state index in [0.29, 0.717) is 25.7 Å². The third-order valence-corrected chi connectivity index (χ3v) is 4.83. The highest BCUT2D eigenvalue weighted by Gasteiger charge is 2.19. The van der Waals surface area contributed by atoms with Gasteiger partial charge < -0.3 is 15.0 Å². The molecule has 0 aliphatic carbocycles. The molecule has 1 aromatic rings. The van der Waals surface area contributed by atoms with Crippen LogP contribution in [0.5, 0.6) is 0 Å². The number of carbonyl (C=O) groups is 1. The van der Waals surface area contributed by atoms with Gasteiger partial charge >= 0.3 is 0 Å². The molecule has 1 aromatic carbocycles. The van der Waals surface area contributed by atoms with Crippen LogP contribution < -0.4 is 5.32 Å². The van der Waals surface area contributed by atoms with Crippen LogP contribution in [0.3, 0.4) is 0 Å². The van der Waals surface area contributed by atoms with Crippen molar-refractivity contribution in [1.82, 2.24) is 15.1 Å². The summed E-state index contributed by atoms with van der Waals surface area (Å²) in [6, 6.07) is 10.7. The Morgan fingerprint density at radius 3 is 2.60 bits per heavy atom.